The van der Waals surface area contributed by atoms with Gasteiger partial charge in [0.2, 0.25) is 0 Å². The van der Waals surface area contributed by atoms with Crippen molar-refractivity contribution in [3.05, 3.63) is 35.4 Å². The summed E-state index contributed by atoms with van der Waals surface area (Å²) in [6.45, 7) is 6.46. The van der Waals surface area contributed by atoms with E-state index in [-0.39, 0.29) is 17.2 Å². The molecule has 1 fully saturated rings. The zero-order valence-corrected chi connectivity index (χ0v) is 13.4. The summed E-state index contributed by atoms with van der Waals surface area (Å²) < 4.78 is 5.71. The van der Waals surface area contributed by atoms with Crippen LogP contribution in [-0.4, -0.2) is 23.1 Å². The summed E-state index contributed by atoms with van der Waals surface area (Å²) in [4.78, 5) is 23.7. The smallest absolute Gasteiger partial charge is 0.339 e. The lowest BCUT2D eigenvalue weighted by molar-refractivity contribution is -0.0176. The van der Waals surface area contributed by atoms with Crippen LogP contribution in [0, 0.1) is 17.8 Å². The van der Waals surface area contributed by atoms with Crippen molar-refractivity contribution in [2.45, 2.75) is 46.1 Å². The Kier molecular flexibility index (Phi) is 5.22. The molecule has 4 heteroatoms. The first kappa shape index (κ1) is 16.5. The second kappa shape index (κ2) is 6.95. The minimum absolute atomic E-state index is 0.00236. The van der Waals surface area contributed by atoms with Crippen LogP contribution < -0.4 is 0 Å². The van der Waals surface area contributed by atoms with Gasteiger partial charge in [0, 0.05) is 0 Å². The predicted molar refractivity (Wildman–Crippen MR) is 83.9 cm³/mol. The largest absolute Gasteiger partial charge is 0.478 e. The lowest BCUT2D eigenvalue weighted by Gasteiger charge is -2.36. The van der Waals surface area contributed by atoms with E-state index in [4.69, 9.17) is 4.74 Å². The van der Waals surface area contributed by atoms with Gasteiger partial charge in [-0.15, -0.1) is 0 Å². The van der Waals surface area contributed by atoms with Gasteiger partial charge < -0.3 is 9.84 Å². The van der Waals surface area contributed by atoms with E-state index in [1.54, 1.807) is 12.1 Å². The third-order valence-electron chi connectivity index (χ3n) is 4.60. The molecule has 120 valence electrons. The van der Waals surface area contributed by atoms with E-state index in [0.29, 0.717) is 17.8 Å². The maximum absolute atomic E-state index is 12.4. The van der Waals surface area contributed by atoms with E-state index in [2.05, 4.69) is 20.8 Å². The van der Waals surface area contributed by atoms with Crippen molar-refractivity contribution in [2.75, 3.05) is 0 Å². The lowest BCUT2D eigenvalue weighted by atomic mass is 9.75. The van der Waals surface area contributed by atoms with Crippen LogP contribution in [0.4, 0.5) is 0 Å². The highest BCUT2D eigenvalue weighted by atomic mass is 16.5. The molecule has 0 radical (unpaired) electrons. The summed E-state index contributed by atoms with van der Waals surface area (Å²) >= 11 is 0. The first-order valence-corrected chi connectivity index (χ1v) is 7.93. The zero-order chi connectivity index (χ0) is 16.3. The lowest BCUT2D eigenvalue weighted by Crippen LogP contribution is -2.36. The fourth-order valence-corrected chi connectivity index (χ4v) is 3.30. The molecule has 0 spiro atoms. The van der Waals surface area contributed by atoms with Gasteiger partial charge in [-0.1, -0.05) is 39.3 Å². The average molecular weight is 304 g/mol. The van der Waals surface area contributed by atoms with Crippen molar-refractivity contribution in [3.8, 4) is 0 Å². The van der Waals surface area contributed by atoms with Gasteiger partial charge in [0.05, 0.1) is 11.1 Å². The van der Waals surface area contributed by atoms with Gasteiger partial charge in [0.1, 0.15) is 6.10 Å². The third kappa shape index (κ3) is 3.67. The molecule has 0 bridgehead atoms. The van der Waals surface area contributed by atoms with Crippen LogP contribution in [0.15, 0.2) is 24.3 Å². The Labute approximate surface area is 131 Å². The van der Waals surface area contributed by atoms with Gasteiger partial charge in [-0.3, -0.25) is 0 Å². The summed E-state index contributed by atoms with van der Waals surface area (Å²) in [5, 5.41) is 9.19. The normalized spacial score (nSPS) is 25.0. The van der Waals surface area contributed by atoms with Crippen LogP contribution in [0.1, 0.15) is 60.7 Å². The molecule has 22 heavy (non-hydrogen) atoms. The number of hydrogen-bond acceptors (Lipinski definition) is 3. The van der Waals surface area contributed by atoms with E-state index in [9.17, 15) is 14.7 Å². The topological polar surface area (TPSA) is 63.6 Å². The number of ether oxygens (including phenoxy) is 1. The van der Waals surface area contributed by atoms with Crippen molar-refractivity contribution in [3.63, 3.8) is 0 Å². The molecule has 1 saturated carbocycles. The summed E-state index contributed by atoms with van der Waals surface area (Å²) in [5.41, 5.74) is 0.133. The van der Waals surface area contributed by atoms with Crippen LogP contribution in [0.5, 0.6) is 0 Å². The molecule has 4 nitrogen and oxygen atoms in total. The minimum Gasteiger partial charge on any atom is -0.478 e. The molecule has 0 saturated heterocycles. The van der Waals surface area contributed by atoms with Gasteiger partial charge >= 0.3 is 11.9 Å². The number of esters is 1. The van der Waals surface area contributed by atoms with Gasteiger partial charge in [-0.25, -0.2) is 9.59 Å². The maximum atomic E-state index is 12.4. The number of hydrogen-bond donors (Lipinski definition) is 1. The predicted octanol–water partition coefficient (Wildman–Crippen LogP) is 4.00. The summed E-state index contributed by atoms with van der Waals surface area (Å²) in [5.74, 6) is -0.313. The number of carbonyl (C=O) groups excluding carboxylic acids is 1. The second-order valence-electron chi connectivity index (χ2n) is 6.62. The Morgan fingerprint density at radius 3 is 2.41 bits per heavy atom. The van der Waals surface area contributed by atoms with Gasteiger partial charge in [-0.05, 0) is 42.7 Å². The Morgan fingerprint density at radius 2 is 1.82 bits per heavy atom. The molecule has 3 atom stereocenters. The van der Waals surface area contributed by atoms with Crippen molar-refractivity contribution in [1.29, 1.82) is 0 Å². The second-order valence-corrected chi connectivity index (χ2v) is 6.62. The molecule has 2 unspecified atom stereocenters. The SMILES string of the molecule is CC1CCC(C(C)C)[C@H](OC(=O)c2ccccc2C(=O)O)C1. The average Bonchev–Trinajstić information content (AvgIpc) is 2.46. The zero-order valence-electron chi connectivity index (χ0n) is 13.4. The molecular formula is C18H24O4. The Balaban J connectivity index is 2.18. The molecule has 2 rings (SSSR count). The van der Waals surface area contributed by atoms with E-state index in [1.165, 1.54) is 12.1 Å². The van der Waals surface area contributed by atoms with Crippen LogP contribution in [0.2, 0.25) is 0 Å². The molecule has 0 aromatic heterocycles. The molecule has 0 amide bonds. The molecule has 1 aliphatic rings. The highest BCUT2D eigenvalue weighted by molar-refractivity contribution is 6.02. The van der Waals surface area contributed by atoms with Crippen LogP contribution in [0.3, 0.4) is 0 Å². The molecule has 1 aliphatic carbocycles. The summed E-state index contributed by atoms with van der Waals surface area (Å²) in [7, 11) is 0. The van der Waals surface area contributed by atoms with Crippen molar-refractivity contribution in [1.82, 2.24) is 0 Å². The molecular weight excluding hydrogens is 280 g/mol. The molecule has 1 N–H and O–H groups in total. The first-order valence-electron chi connectivity index (χ1n) is 7.93. The van der Waals surface area contributed by atoms with E-state index >= 15 is 0 Å². The van der Waals surface area contributed by atoms with Crippen molar-refractivity contribution >= 4 is 11.9 Å². The standard InChI is InChI=1S/C18H24O4/c1-11(2)13-9-8-12(3)10-16(13)22-18(21)15-7-5-4-6-14(15)17(19)20/h4-7,11-13,16H,8-10H2,1-3H3,(H,19,20)/t12?,13?,16-/m1/s1. The Hall–Kier alpha value is -1.84. The van der Waals surface area contributed by atoms with Gasteiger partial charge in [0.15, 0.2) is 0 Å². The fourth-order valence-electron chi connectivity index (χ4n) is 3.30. The number of rotatable bonds is 4. The highest BCUT2D eigenvalue weighted by Gasteiger charge is 2.34. The summed E-state index contributed by atoms with van der Waals surface area (Å²) in [6.07, 6.45) is 2.93. The number of carboxylic acid groups (broad SMARTS) is 1. The van der Waals surface area contributed by atoms with Gasteiger partial charge in [0.25, 0.3) is 0 Å². The van der Waals surface area contributed by atoms with Crippen LogP contribution >= 0.6 is 0 Å². The van der Waals surface area contributed by atoms with E-state index in [1.807, 2.05) is 0 Å². The minimum atomic E-state index is -1.11. The van der Waals surface area contributed by atoms with Crippen molar-refractivity contribution in [2.24, 2.45) is 17.8 Å². The van der Waals surface area contributed by atoms with Crippen molar-refractivity contribution < 1.29 is 19.4 Å². The monoisotopic (exact) mass is 304 g/mol. The van der Waals surface area contributed by atoms with E-state index < -0.39 is 11.9 Å². The number of benzene rings is 1. The third-order valence-corrected chi connectivity index (χ3v) is 4.60. The Bertz CT molecular complexity index is 550. The number of carbonyl (C=O) groups is 2. The fraction of sp³-hybridized carbons (Fsp3) is 0.556. The first-order chi connectivity index (χ1) is 10.4. The number of aromatic carboxylic acids is 1. The molecule has 1 aromatic carbocycles. The molecule has 0 heterocycles. The van der Waals surface area contributed by atoms with Crippen LogP contribution in [0.25, 0.3) is 0 Å². The summed E-state index contributed by atoms with van der Waals surface area (Å²) in [6, 6.07) is 6.22. The molecule has 1 aromatic rings. The number of carboxylic acids is 1. The Morgan fingerprint density at radius 1 is 1.18 bits per heavy atom. The quantitative estimate of drug-likeness (QED) is 0.854. The van der Waals surface area contributed by atoms with Gasteiger partial charge in [-0.2, -0.15) is 0 Å². The maximum Gasteiger partial charge on any atom is 0.339 e. The van der Waals surface area contributed by atoms with Crippen LogP contribution in [-0.2, 0) is 4.74 Å². The molecule has 0 aliphatic heterocycles. The van der Waals surface area contributed by atoms with E-state index in [0.717, 1.165) is 19.3 Å². The highest BCUT2D eigenvalue weighted by Crippen LogP contribution is 2.35.